The monoisotopic (exact) mass is 478 g/mol. The van der Waals surface area contributed by atoms with Crippen molar-refractivity contribution in [1.82, 2.24) is 14.2 Å². The van der Waals surface area contributed by atoms with Crippen molar-refractivity contribution < 1.29 is 4.74 Å². The van der Waals surface area contributed by atoms with Crippen LogP contribution in [0.4, 0.5) is 5.69 Å². The fourth-order valence-electron chi connectivity index (χ4n) is 4.91. The summed E-state index contributed by atoms with van der Waals surface area (Å²) in [6.45, 7) is 1.32. The van der Waals surface area contributed by atoms with Crippen LogP contribution in [0.3, 0.4) is 0 Å². The number of hydrogen-bond acceptors (Lipinski definition) is 3. The Bertz CT molecular complexity index is 1470. The quantitative estimate of drug-likeness (QED) is 0.283. The highest BCUT2D eigenvalue weighted by Crippen LogP contribution is 2.37. The number of anilines is 1. The van der Waals surface area contributed by atoms with Gasteiger partial charge in [0.1, 0.15) is 28.7 Å². The molecule has 3 aromatic carbocycles. The second-order valence-electron chi connectivity index (χ2n) is 8.75. The van der Waals surface area contributed by atoms with Crippen molar-refractivity contribution in [3.63, 3.8) is 0 Å². The molecular formula is C29H26N4OS. The number of nitrogens with zero attached hydrogens (tertiary/aromatic N) is 3. The van der Waals surface area contributed by atoms with E-state index in [4.69, 9.17) is 22.1 Å². The van der Waals surface area contributed by atoms with Crippen LogP contribution in [-0.2, 0) is 19.6 Å². The number of thiocarbonyl (C=S) groups is 1. The van der Waals surface area contributed by atoms with E-state index in [0.29, 0.717) is 11.6 Å². The molecule has 0 bridgehead atoms. The van der Waals surface area contributed by atoms with Crippen molar-refractivity contribution in [3.05, 3.63) is 108 Å². The standard InChI is InChI=1S/C29H26N4OS/c35-28(30-22-14-6-2-7-15-22)27-26(21-12-4-1-5-13-21)24-18-10-11-19-32-25(31-33(27)29(24)32)20-34-23-16-8-3-9-17-23/h1-9,12-17H,10-11,18-20H2,(H,30,35). The minimum Gasteiger partial charge on any atom is -0.486 e. The second kappa shape index (κ2) is 9.39. The molecule has 0 radical (unpaired) electrons. The van der Waals surface area contributed by atoms with E-state index in [9.17, 15) is 0 Å². The lowest BCUT2D eigenvalue weighted by Crippen LogP contribution is -2.15. The van der Waals surface area contributed by atoms with Crippen LogP contribution in [0.2, 0.25) is 0 Å². The molecule has 5 aromatic rings. The number of hydrogen-bond donors (Lipinski definition) is 1. The van der Waals surface area contributed by atoms with Crippen molar-refractivity contribution in [2.45, 2.75) is 32.4 Å². The van der Waals surface area contributed by atoms with Gasteiger partial charge in [0.15, 0.2) is 5.82 Å². The lowest BCUT2D eigenvalue weighted by molar-refractivity contribution is 0.288. The highest BCUT2D eigenvalue weighted by Gasteiger charge is 2.29. The minimum absolute atomic E-state index is 0.407. The molecule has 1 N–H and O–H groups in total. The van der Waals surface area contributed by atoms with E-state index in [1.165, 1.54) is 11.1 Å². The Balaban J connectivity index is 1.50. The molecule has 3 heterocycles. The van der Waals surface area contributed by atoms with Crippen molar-refractivity contribution in [2.75, 3.05) is 5.32 Å². The van der Waals surface area contributed by atoms with Gasteiger partial charge < -0.3 is 14.6 Å². The average molecular weight is 479 g/mol. The largest absolute Gasteiger partial charge is 0.486 e. The zero-order valence-corrected chi connectivity index (χ0v) is 20.2. The lowest BCUT2D eigenvalue weighted by Gasteiger charge is -2.11. The van der Waals surface area contributed by atoms with Crippen LogP contribution in [0.1, 0.15) is 29.9 Å². The molecule has 6 heteroatoms. The molecule has 6 rings (SSSR count). The highest BCUT2D eigenvalue weighted by molar-refractivity contribution is 7.81. The Hall–Kier alpha value is -3.90. The van der Waals surface area contributed by atoms with Gasteiger partial charge >= 0.3 is 0 Å². The van der Waals surface area contributed by atoms with Gasteiger partial charge in [0, 0.05) is 23.4 Å². The fraction of sp³-hybridized carbons (Fsp3) is 0.172. The van der Waals surface area contributed by atoms with Gasteiger partial charge in [0.25, 0.3) is 0 Å². The third kappa shape index (κ3) is 4.10. The number of rotatable bonds is 6. The summed E-state index contributed by atoms with van der Waals surface area (Å²) in [5.74, 6) is 1.75. The molecule has 0 saturated heterocycles. The Kier molecular flexibility index (Phi) is 5.80. The van der Waals surface area contributed by atoms with Gasteiger partial charge in [-0.05, 0) is 49.1 Å². The van der Waals surface area contributed by atoms with Gasteiger partial charge in [-0.1, -0.05) is 78.9 Å². The van der Waals surface area contributed by atoms with Crippen LogP contribution in [0.15, 0.2) is 91.0 Å². The van der Waals surface area contributed by atoms with Crippen molar-refractivity contribution in [1.29, 1.82) is 0 Å². The number of aromatic nitrogens is 3. The molecular weight excluding hydrogens is 452 g/mol. The maximum atomic E-state index is 6.10. The molecule has 35 heavy (non-hydrogen) atoms. The fourth-order valence-corrected chi connectivity index (χ4v) is 5.22. The van der Waals surface area contributed by atoms with Crippen molar-refractivity contribution in [3.8, 4) is 16.9 Å². The smallest absolute Gasteiger partial charge is 0.169 e. The van der Waals surface area contributed by atoms with Gasteiger partial charge in [0.05, 0.1) is 0 Å². The zero-order chi connectivity index (χ0) is 23.6. The van der Waals surface area contributed by atoms with Crippen molar-refractivity contribution >= 4 is 28.5 Å². The second-order valence-corrected chi connectivity index (χ2v) is 9.16. The topological polar surface area (TPSA) is 43.5 Å². The third-order valence-corrected chi connectivity index (χ3v) is 6.78. The number of nitrogens with one attached hydrogen (secondary N) is 1. The SMILES string of the molecule is S=C(Nc1ccccc1)c1c(-c2ccccc2)c2c3n(c(COc4ccccc4)nn13)CCCC2. The molecule has 0 unspecified atom stereocenters. The summed E-state index contributed by atoms with van der Waals surface area (Å²) < 4.78 is 10.5. The van der Waals surface area contributed by atoms with E-state index in [0.717, 1.165) is 60.0 Å². The molecule has 5 nitrogen and oxygen atoms in total. The summed E-state index contributed by atoms with van der Waals surface area (Å²) in [6.07, 6.45) is 3.22. The van der Waals surface area contributed by atoms with Gasteiger partial charge in [-0.25, -0.2) is 4.52 Å². The van der Waals surface area contributed by atoms with E-state index in [-0.39, 0.29) is 0 Å². The van der Waals surface area contributed by atoms with Crippen LogP contribution in [0.25, 0.3) is 16.8 Å². The average Bonchev–Trinajstić information content (AvgIpc) is 3.31. The van der Waals surface area contributed by atoms with E-state index in [1.807, 2.05) is 65.2 Å². The summed E-state index contributed by atoms with van der Waals surface area (Å²) in [7, 11) is 0. The first kappa shape index (κ1) is 21.6. The highest BCUT2D eigenvalue weighted by atomic mass is 32.1. The van der Waals surface area contributed by atoms with Crippen LogP contribution in [0, 0.1) is 0 Å². The number of para-hydroxylation sites is 2. The summed E-state index contributed by atoms with van der Waals surface area (Å²) in [6, 6.07) is 30.5. The molecule has 2 aromatic heterocycles. The van der Waals surface area contributed by atoms with Gasteiger partial charge in [-0.3, -0.25) is 0 Å². The number of ether oxygens (including phenoxy) is 1. The maximum absolute atomic E-state index is 6.10. The first-order valence-corrected chi connectivity index (χ1v) is 12.4. The van der Waals surface area contributed by atoms with Gasteiger partial charge in [-0.2, -0.15) is 0 Å². The Morgan fingerprint density at radius 2 is 1.57 bits per heavy atom. The van der Waals surface area contributed by atoms with E-state index >= 15 is 0 Å². The molecule has 0 aliphatic carbocycles. The molecule has 0 spiro atoms. The molecule has 0 atom stereocenters. The van der Waals surface area contributed by atoms with Gasteiger partial charge in [-0.15, -0.1) is 5.10 Å². The number of aryl methyl sites for hydroxylation is 2. The molecule has 0 saturated carbocycles. The summed E-state index contributed by atoms with van der Waals surface area (Å²) in [5.41, 5.74) is 6.66. The first-order chi connectivity index (χ1) is 17.3. The van der Waals surface area contributed by atoms with Crippen LogP contribution in [-0.4, -0.2) is 19.2 Å². The zero-order valence-electron chi connectivity index (χ0n) is 19.4. The van der Waals surface area contributed by atoms with E-state index < -0.39 is 0 Å². The minimum atomic E-state index is 0.407. The van der Waals surface area contributed by atoms with Crippen LogP contribution < -0.4 is 10.1 Å². The predicted molar refractivity (Wildman–Crippen MR) is 144 cm³/mol. The lowest BCUT2D eigenvalue weighted by atomic mass is 9.98. The summed E-state index contributed by atoms with van der Waals surface area (Å²) in [4.78, 5) is 0.664. The van der Waals surface area contributed by atoms with E-state index in [2.05, 4.69) is 40.2 Å². The van der Waals surface area contributed by atoms with Crippen LogP contribution in [0.5, 0.6) is 5.75 Å². The summed E-state index contributed by atoms with van der Waals surface area (Å²) in [5, 5.41) is 8.53. The molecule has 0 fully saturated rings. The summed E-state index contributed by atoms with van der Waals surface area (Å²) >= 11 is 6.01. The predicted octanol–water partition coefficient (Wildman–Crippen LogP) is 6.51. The Morgan fingerprint density at radius 1 is 0.886 bits per heavy atom. The Labute approximate surface area is 210 Å². The molecule has 1 aliphatic heterocycles. The van der Waals surface area contributed by atoms with Crippen molar-refractivity contribution in [2.24, 2.45) is 0 Å². The number of benzene rings is 3. The third-order valence-electron chi connectivity index (χ3n) is 6.48. The van der Waals surface area contributed by atoms with Gasteiger partial charge in [0.2, 0.25) is 0 Å². The maximum Gasteiger partial charge on any atom is 0.169 e. The Morgan fingerprint density at radius 3 is 2.31 bits per heavy atom. The van der Waals surface area contributed by atoms with Crippen LogP contribution >= 0.6 is 12.2 Å². The normalized spacial score (nSPS) is 12.9. The van der Waals surface area contributed by atoms with E-state index in [1.54, 1.807) is 0 Å². The first-order valence-electron chi connectivity index (χ1n) is 12.0. The molecule has 0 amide bonds. The molecule has 174 valence electrons. The molecule has 1 aliphatic rings.